The van der Waals surface area contributed by atoms with E-state index in [0.717, 1.165) is 12.2 Å². The molecule has 1 amide bonds. The van der Waals surface area contributed by atoms with Crippen molar-refractivity contribution in [2.75, 3.05) is 5.32 Å². The maximum absolute atomic E-state index is 12.2. The van der Waals surface area contributed by atoms with Crippen molar-refractivity contribution in [2.45, 2.75) is 20.0 Å². The molecule has 3 aromatic rings. The van der Waals surface area contributed by atoms with Crippen molar-refractivity contribution in [1.29, 1.82) is 0 Å². The average molecular weight is 343 g/mol. The van der Waals surface area contributed by atoms with Crippen molar-refractivity contribution < 1.29 is 4.79 Å². The van der Waals surface area contributed by atoms with Gasteiger partial charge in [-0.1, -0.05) is 6.07 Å². The van der Waals surface area contributed by atoms with Crippen molar-refractivity contribution in [1.82, 2.24) is 20.5 Å². The van der Waals surface area contributed by atoms with Gasteiger partial charge in [0.2, 0.25) is 0 Å². The van der Waals surface area contributed by atoms with Crippen molar-refractivity contribution in [3.05, 3.63) is 68.0 Å². The van der Waals surface area contributed by atoms with Crippen LogP contribution >= 0.6 is 11.3 Å². The summed E-state index contributed by atoms with van der Waals surface area (Å²) in [6.45, 7) is 2.95. The highest BCUT2D eigenvalue weighted by Gasteiger charge is 2.07. The van der Waals surface area contributed by atoms with Crippen LogP contribution in [-0.4, -0.2) is 21.1 Å². The predicted octanol–water partition coefficient (Wildman–Crippen LogP) is 2.01. The number of hydrogen-bond acceptors (Lipinski definition) is 5. The summed E-state index contributed by atoms with van der Waals surface area (Å²) in [6.07, 6.45) is 0. The normalized spacial score (nSPS) is 10.5. The molecule has 0 aliphatic carbocycles. The third-order valence-electron chi connectivity index (χ3n) is 3.35. The first-order valence-corrected chi connectivity index (χ1v) is 8.23. The third-order valence-corrected chi connectivity index (χ3v) is 4.35. The fraction of sp³-hybridized carbons (Fsp3) is 0.188. The maximum atomic E-state index is 12.2. The van der Waals surface area contributed by atoms with Gasteiger partial charge in [0.05, 0.1) is 6.54 Å². The van der Waals surface area contributed by atoms with Gasteiger partial charge in [-0.3, -0.25) is 9.78 Å². The molecule has 2 heterocycles. The molecular weight excluding hydrogens is 326 g/mol. The molecule has 24 heavy (non-hydrogen) atoms. The summed E-state index contributed by atoms with van der Waals surface area (Å²) in [7, 11) is 0. The molecule has 8 heteroatoms. The second-order valence-corrected chi connectivity index (χ2v) is 6.63. The second kappa shape index (κ2) is 7.14. The molecule has 0 bridgehead atoms. The SMILES string of the molecule is Cc1ccc(CNc2cccc(C(=O)NCc3n[nH]c(=O)[nH]3)c2)s1. The van der Waals surface area contributed by atoms with Crippen LogP contribution in [0.2, 0.25) is 0 Å². The number of H-pyrrole nitrogens is 2. The van der Waals surface area contributed by atoms with Gasteiger partial charge in [0, 0.05) is 27.5 Å². The zero-order valence-corrected chi connectivity index (χ0v) is 13.9. The maximum Gasteiger partial charge on any atom is 0.340 e. The number of aromatic nitrogens is 3. The number of aryl methyl sites for hydroxylation is 1. The Labute approximate surface area is 142 Å². The third kappa shape index (κ3) is 4.11. The number of carbonyl (C=O) groups is 1. The predicted molar refractivity (Wildman–Crippen MR) is 93.2 cm³/mol. The van der Waals surface area contributed by atoms with Gasteiger partial charge >= 0.3 is 5.69 Å². The Hall–Kier alpha value is -2.87. The highest BCUT2D eigenvalue weighted by molar-refractivity contribution is 7.11. The monoisotopic (exact) mass is 343 g/mol. The lowest BCUT2D eigenvalue weighted by Gasteiger charge is -2.08. The van der Waals surface area contributed by atoms with E-state index in [1.807, 2.05) is 12.1 Å². The van der Waals surface area contributed by atoms with E-state index in [4.69, 9.17) is 0 Å². The Balaban J connectivity index is 1.59. The molecule has 1 aromatic carbocycles. The number of amides is 1. The first-order chi connectivity index (χ1) is 11.6. The average Bonchev–Trinajstić information content (AvgIpc) is 3.19. The molecular formula is C16H17N5O2S. The van der Waals surface area contributed by atoms with E-state index in [9.17, 15) is 9.59 Å². The van der Waals surface area contributed by atoms with Crippen molar-refractivity contribution in [2.24, 2.45) is 0 Å². The highest BCUT2D eigenvalue weighted by Crippen LogP contribution is 2.17. The molecule has 4 N–H and O–H groups in total. The first-order valence-electron chi connectivity index (χ1n) is 7.41. The smallest absolute Gasteiger partial charge is 0.340 e. The zero-order valence-electron chi connectivity index (χ0n) is 13.1. The van der Waals surface area contributed by atoms with E-state index >= 15 is 0 Å². The number of nitrogens with zero attached hydrogens (tertiary/aromatic N) is 1. The van der Waals surface area contributed by atoms with Crippen LogP contribution in [0.4, 0.5) is 5.69 Å². The molecule has 7 nitrogen and oxygen atoms in total. The van der Waals surface area contributed by atoms with Crippen LogP contribution in [0.1, 0.15) is 25.9 Å². The summed E-state index contributed by atoms with van der Waals surface area (Å²) in [5.41, 5.74) is 1.02. The molecule has 0 unspecified atom stereocenters. The van der Waals surface area contributed by atoms with Gasteiger partial charge < -0.3 is 10.6 Å². The molecule has 2 aromatic heterocycles. The molecule has 0 aliphatic rings. The molecule has 124 valence electrons. The molecule has 0 atom stereocenters. The number of nitrogens with one attached hydrogen (secondary N) is 4. The Morgan fingerprint density at radius 1 is 1.25 bits per heavy atom. The summed E-state index contributed by atoms with van der Waals surface area (Å²) in [4.78, 5) is 28.1. The zero-order chi connectivity index (χ0) is 16.9. The van der Waals surface area contributed by atoms with Crippen LogP contribution in [0.3, 0.4) is 0 Å². The minimum Gasteiger partial charge on any atom is -0.380 e. The lowest BCUT2D eigenvalue weighted by molar-refractivity contribution is 0.0950. The van der Waals surface area contributed by atoms with Gasteiger partial charge in [0.15, 0.2) is 0 Å². The summed E-state index contributed by atoms with van der Waals surface area (Å²) in [6, 6.07) is 11.5. The number of aromatic amines is 2. The first kappa shape index (κ1) is 16.0. The van der Waals surface area contributed by atoms with E-state index in [1.165, 1.54) is 9.75 Å². The molecule has 0 aliphatic heterocycles. The summed E-state index contributed by atoms with van der Waals surface area (Å²) < 4.78 is 0. The molecule has 0 fully saturated rings. The Morgan fingerprint density at radius 2 is 2.12 bits per heavy atom. The van der Waals surface area contributed by atoms with Crippen molar-refractivity contribution in [3.8, 4) is 0 Å². The minimum absolute atomic E-state index is 0.156. The summed E-state index contributed by atoms with van der Waals surface area (Å²) >= 11 is 1.74. The van der Waals surface area contributed by atoms with E-state index in [2.05, 4.69) is 44.9 Å². The Kier molecular flexibility index (Phi) is 4.76. The summed E-state index contributed by atoms with van der Waals surface area (Å²) in [5, 5.41) is 12.0. The number of anilines is 1. The lowest BCUT2D eigenvalue weighted by atomic mass is 10.2. The largest absolute Gasteiger partial charge is 0.380 e. The quantitative estimate of drug-likeness (QED) is 0.550. The van der Waals surface area contributed by atoms with Crippen LogP contribution in [0.5, 0.6) is 0 Å². The Morgan fingerprint density at radius 3 is 2.83 bits per heavy atom. The number of carbonyl (C=O) groups excluding carboxylic acids is 1. The highest BCUT2D eigenvalue weighted by atomic mass is 32.1. The van der Waals surface area contributed by atoms with E-state index in [0.29, 0.717) is 11.4 Å². The molecule has 3 rings (SSSR count). The van der Waals surface area contributed by atoms with Gasteiger partial charge in [0.1, 0.15) is 5.82 Å². The van der Waals surface area contributed by atoms with Crippen LogP contribution in [0, 0.1) is 6.92 Å². The fourth-order valence-corrected chi connectivity index (χ4v) is 3.02. The van der Waals surface area contributed by atoms with E-state index < -0.39 is 5.69 Å². The van der Waals surface area contributed by atoms with E-state index in [-0.39, 0.29) is 12.5 Å². The molecule has 0 radical (unpaired) electrons. The number of benzene rings is 1. The van der Waals surface area contributed by atoms with Gasteiger partial charge in [-0.05, 0) is 37.3 Å². The van der Waals surface area contributed by atoms with Gasteiger partial charge in [0.25, 0.3) is 5.91 Å². The summed E-state index contributed by atoms with van der Waals surface area (Å²) in [5.74, 6) is 0.158. The lowest BCUT2D eigenvalue weighted by Crippen LogP contribution is -2.23. The number of rotatable bonds is 6. The van der Waals surface area contributed by atoms with Crippen molar-refractivity contribution >= 4 is 22.9 Å². The minimum atomic E-state index is -0.394. The fourth-order valence-electron chi connectivity index (χ4n) is 2.19. The van der Waals surface area contributed by atoms with Crippen LogP contribution < -0.4 is 16.3 Å². The second-order valence-electron chi connectivity index (χ2n) is 5.25. The van der Waals surface area contributed by atoms with Crippen LogP contribution in [0.25, 0.3) is 0 Å². The van der Waals surface area contributed by atoms with Gasteiger partial charge in [-0.25, -0.2) is 9.89 Å². The number of hydrogen-bond donors (Lipinski definition) is 4. The van der Waals surface area contributed by atoms with Crippen LogP contribution in [0.15, 0.2) is 41.2 Å². The van der Waals surface area contributed by atoms with Crippen LogP contribution in [-0.2, 0) is 13.1 Å². The molecule has 0 saturated carbocycles. The van der Waals surface area contributed by atoms with E-state index in [1.54, 1.807) is 23.5 Å². The molecule has 0 saturated heterocycles. The van der Waals surface area contributed by atoms with Gasteiger partial charge in [-0.2, -0.15) is 5.10 Å². The van der Waals surface area contributed by atoms with Crippen molar-refractivity contribution in [3.63, 3.8) is 0 Å². The molecule has 0 spiro atoms. The standard InChI is InChI=1S/C16H17N5O2S/c1-10-5-6-13(24-10)8-17-12-4-2-3-11(7-12)15(22)18-9-14-19-16(23)21-20-14/h2-7,17H,8-9H2,1H3,(H,18,22)(H2,19,20,21,23). The number of thiophene rings is 1. The van der Waals surface area contributed by atoms with Gasteiger partial charge in [-0.15, -0.1) is 11.3 Å². The Bertz CT molecular complexity index is 896. The topological polar surface area (TPSA) is 103 Å².